The lowest BCUT2D eigenvalue weighted by Crippen LogP contribution is -2.24. The fraction of sp³-hybridized carbons (Fsp3) is 0.417. The predicted molar refractivity (Wildman–Crippen MR) is 115 cm³/mol. The Morgan fingerprint density at radius 2 is 1.89 bits per heavy atom. The zero-order valence-electron chi connectivity index (χ0n) is 17.3. The van der Waals surface area contributed by atoms with Crippen LogP contribution in [0.5, 0.6) is 0 Å². The predicted octanol–water partition coefficient (Wildman–Crippen LogP) is 5.22. The van der Waals surface area contributed by atoms with Crippen molar-refractivity contribution in [2.75, 3.05) is 11.4 Å². The number of aromatic nitrogens is 2. The molecule has 2 heterocycles. The average Bonchev–Trinajstić information content (AvgIpc) is 3.22. The molecule has 0 unspecified atom stereocenters. The van der Waals surface area contributed by atoms with E-state index in [9.17, 15) is 4.79 Å². The molecule has 0 aliphatic carbocycles. The number of benzene rings is 2. The topological polar surface area (TPSA) is 38.1 Å². The largest absolute Gasteiger partial charge is 0.328 e. The van der Waals surface area contributed by atoms with Crippen molar-refractivity contribution in [3.8, 4) is 0 Å². The summed E-state index contributed by atoms with van der Waals surface area (Å²) in [6.45, 7) is 10.3. The number of para-hydroxylation sites is 2. The Bertz CT molecular complexity index is 1020. The molecule has 1 atom stereocenters. The molecule has 1 amide bonds. The minimum atomic E-state index is 0.133. The summed E-state index contributed by atoms with van der Waals surface area (Å²) < 4.78 is 2.34. The second kappa shape index (κ2) is 7.42. The van der Waals surface area contributed by atoms with Crippen molar-refractivity contribution in [2.24, 2.45) is 5.92 Å². The first kappa shape index (κ1) is 18.7. The van der Waals surface area contributed by atoms with E-state index in [1.54, 1.807) is 0 Å². The third kappa shape index (κ3) is 3.44. The number of amides is 1. The van der Waals surface area contributed by atoms with Crippen LogP contribution in [0.1, 0.15) is 49.6 Å². The number of hydrogen-bond donors (Lipinski definition) is 0. The lowest BCUT2D eigenvalue weighted by molar-refractivity contribution is -0.117. The number of hydrogen-bond acceptors (Lipinski definition) is 2. The van der Waals surface area contributed by atoms with Gasteiger partial charge in [-0.3, -0.25) is 4.79 Å². The van der Waals surface area contributed by atoms with E-state index in [-0.39, 0.29) is 11.8 Å². The van der Waals surface area contributed by atoms with Gasteiger partial charge in [0.1, 0.15) is 5.82 Å². The van der Waals surface area contributed by atoms with Gasteiger partial charge in [-0.25, -0.2) is 4.98 Å². The Balaban J connectivity index is 1.67. The molecule has 0 saturated carbocycles. The van der Waals surface area contributed by atoms with Gasteiger partial charge in [-0.2, -0.15) is 0 Å². The first-order valence-corrected chi connectivity index (χ1v) is 10.3. The van der Waals surface area contributed by atoms with Crippen molar-refractivity contribution < 1.29 is 4.79 Å². The number of carbonyl (C=O) groups is 1. The van der Waals surface area contributed by atoms with E-state index < -0.39 is 0 Å². The number of carbonyl (C=O) groups excluding carboxylic acids is 1. The maximum atomic E-state index is 12.8. The minimum absolute atomic E-state index is 0.133. The number of fused-ring (bicyclic) bond motifs is 1. The van der Waals surface area contributed by atoms with Gasteiger partial charge in [0, 0.05) is 31.1 Å². The van der Waals surface area contributed by atoms with Crippen molar-refractivity contribution in [3.05, 3.63) is 59.4 Å². The van der Waals surface area contributed by atoms with Crippen molar-refractivity contribution in [1.29, 1.82) is 0 Å². The van der Waals surface area contributed by atoms with Gasteiger partial charge < -0.3 is 9.47 Å². The van der Waals surface area contributed by atoms with E-state index in [4.69, 9.17) is 4.98 Å². The smallest absolute Gasteiger partial charge is 0.227 e. The van der Waals surface area contributed by atoms with Crippen molar-refractivity contribution in [2.45, 2.75) is 53.0 Å². The third-order valence-electron chi connectivity index (χ3n) is 5.91. The van der Waals surface area contributed by atoms with E-state index in [1.165, 1.54) is 16.6 Å². The second-order valence-electron chi connectivity index (χ2n) is 8.47. The van der Waals surface area contributed by atoms with E-state index >= 15 is 0 Å². The highest BCUT2D eigenvalue weighted by molar-refractivity contribution is 5.96. The highest BCUT2D eigenvalue weighted by atomic mass is 16.2. The highest BCUT2D eigenvalue weighted by Crippen LogP contribution is 2.34. The molecule has 4 rings (SSSR count). The van der Waals surface area contributed by atoms with Gasteiger partial charge in [0.05, 0.1) is 11.0 Å². The van der Waals surface area contributed by atoms with Crippen molar-refractivity contribution >= 4 is 22.6 Å². The maximum Gasteiger partial charge on any atom is 0.227 e. The fourth-order valence-corrected chi connectivity index (χ4v) is 4.05. The summed E-state index contributed by atoms with van der Waals surface area (Å²) in [6.07, 6.45) is 1.63. The zero-order chi connectivity index (χ0) is 19.8. The van der Waals surface area contributed by atoms with Crippen LogP contribution in [0.3, 0.4) is 0 Å². The molecule has 0 bridgehead atoms. The van der Waals surface area contributed by atoms with Gasteiger partial charge in [0.25, 0.3) is 0 Å². The molecule has 0 N–H and O–H groups in total. The van der Waals surface area contributed by atoms with Gasteiger partial charge in [0.2, 0.25) is 5.91 Å². The Morgan fingerprint density at radius 1 is 1.11 bits per heavy atom. The number of imidazole rings is 1. The number of nitrogens with zero attached hydrogens (tertiary/aromatic N) is 3. The standard InChI is InChI=1S/C24H29N3O/c1-16(2)11-12-26-22-8-6-5-7-21(22)25-24(26)19-14-23(28)27(15-19)20-10-9-17(3)18(4)13-20/h5-10,13,16,19H,11-12,14-15H2,1-4H3/t19-/m0/s1. The molecule has 4 heteroatoms. The molecule has 0 radical (unpaired) electrons. The molecule has 2 aromatic carbocycles. The van der Waals surface area contributed by atoms with Crippen LogP contribution in [0, 0.1) is 19.8 Å². The van der Waals surface area contributed by atoms with Gasteiger partial charge in [0.15, 0.2) is 0 Å². The Kier molecular flexibility index (Phi) is 4.96. The van der Waals surface area contributed by atoms with Crippen LogP contribution in [-0.2, 0) is 11.3 Å². The van der Waals surface area contributed by atoms with Gasteiger partial charge in [-0.05, 0) is 61.6 Å². The lowest BCUT2D eigenvalue weighted by Gasteiger charge is -2.19. The van der Waals surface area contributed by atoms with Crippen LogP contribution in [0.15, 0.2) is 42.5 Å². The van der Waals surface area contributed by atoms with Crippen LogP contribution in [0.25, 0.3) is 11.0 Å². The molecule has 1 aliphatic rings. The van der Waals surface area contributed by atoms with Crippen molar-refractivity contribution in [3.63, 3.8) is 0 Å². The quantitative estimate of drug-likeness (QED) is 0.613. The number of aryl methyl sites for hydroxylation is 3. The fourth-order valence-electron chi connectivity index (χ4n) is 4.05. The zero-order valence-corrected chi connectivity index (χ0v) is 17.3. The number of anilines is 1. The van der Waals surface area contributed by atoms with Gasteiger partial charge >= 0.3 is 0 Å². The van der Waals surface area contributed by atoms with Crippen LogP contribution in [0.2, 0.25) is 0 Å². The summed E-state index contributed by atoms with van der Waals surface area (Å²) in [5.74, 6) is 2.01. The highest BCUT2D eigenvalue weighted by Gasteiger charge is 2.34. The van der Waals surface area contributed by atoms with Gasteiger partial charge in [-0.1, -0.05) is 32.0 Å². The summed E-state index contributed by atoms with van der Waals surface area (Å²) in [6, 6.07) is 14.6. The molecule has 3 aromatic rings. The third-order valence-corrected chi connectivity index (χ3v) is 5.91. The van der Waals surface area contributed by atoms with E-state index in [0.29, 0.717) is 18.9 Å². The summed E-state index contributed by atoms with van der Waals surface area (Å²) >= 11 is 0. The Morgan fingerprint density at radius 3 is 2.64 bits per heavy atom. The molecule has 1 aliphatic heterocycles. The van der Waals surface area contributed by atoms with E-state index in [2.05, 4.69) is 68.7 Å². The summed E-state index contributed by atoms with van der Waals surface area (Å²) in [5, 5.41) is 0. The van der Waals surface area contributed by atoms with E-state index in [0.717, 1.165) is 30.0 Å². The van der Waals surface area contributed by atoms with E-state index in [1.807, 2.05) is 11.0 Å². The molecule has 0 spiro atoms. The molecular formula is C24H29N3O. The number of rotatable bonds is 5. The summed E-state index contributed by atoms with van der Waals surface area (Å²) in [7, 11) is 0. The molecule has 146 valence electrons. The lowest BCUT2D eigenvalue weighted by atomic mass is 10.1. The SMILES string of the molecule is Cc1ccc(N2C[C@@H](c3nc4ccccc4n3CCC(C)C)CC2=O)cc1C. The molecular weight excluding hydrogens is 346 g/mol. The monoisotopic (exact) mass is 375 g/mol. The Labute approximate surface area is 167 Å². The summed E-state index contributed by atoms with van der Waals surface area (Å²) in [5.41, 5.74) is 5.68. The summed E-state index contributed by atoms with van der Waals surface area (Å²) in [4.78, 5) is 19.7. The van der Waals surface area contributed by atoms with Crippen LogP contribution >= 0.6 is 0 Å². The van der Waals surface area contributed by atoms with Gasteiger partial charge in [-0.15, -0.1) is 0 Å². The van der Waals surface area contributed by atoms with Crippen LogP contribution in [-0.4, -0.2) is 22.0 Å². The molecule has 4 nitrogen and oxygen atoms in total. The maximum absolute atomic E-state index is 12.8. The van der Waals surface area contributed by atoms with Crippen LogP contribution < -0.4 is 4.90 Å². The van der Waals surface area contributed by atoms with Crippen LogP contribution in [0.4, 0.5) is 5.69 Å². The van der Waals surface area contributed by atoms with Crippen molar-refractivity contribution in [1.82, 2.24) is 9.55 Å². The average molecular weight is 376 g/mol. The normalized spacial score (nSPS) is 17.2. The minimum Gasteiger partial charge on any atom is -0.328 e. The molecule has 28 heavy (non-hydrogen) atoms. The second-order valence-corrected chi connectivity index (χ2v) is 8.47. The molecule has 1 fully saturated rings. The Hall–Kier alpha value is -2.62. The molecule has 1 saturated heterocycles. The molecule has 1 aromatic heterocycles. The first-order valence-electron chi connectivity index (χ1n) is 10.3. The first-order chi connectivity index (χ1) is 13.4.